The van der Waals surface area contributed by atoms with Crippen molar-refractivity contribution in [2.45, 2.75) is 99.6 Å². The van der Waals surface area contributed by atoms with Gasteiger partial charge in [-0.05, 0) is 65.2 Å². The molecule has 1 heterocycles. The highest BCUT2D eigenvalue weighted by Gasteiger charge is 2.30. The lowest BCUT2D eigenvalue weighted by atomic mass is 9.74. The van der Waals surface area contributed by atoms with Crippen molar-refractivity contribution in [3.63, 3.8) is 0 Å². The van der Waals surface area contributed by atoms with Gasteiger partial charge in [0.05, 0.1) is 6.67 Å². The second-order valence-electron chi connectivity index (χ2n) is 13.0. The standard InChI is InChI=1S/C32H50N2O2/c1-21(2)31(7,8)27-16-25(14-23(5)29(27)35)18-33-12-11-13-34(20-33)19-26-15-24(6)30(36)28(17-26)32(9,10)22(3)4/h14-17,21-22,35-36H,11-13,18-20H2,1-10H3. The first kappa shape index (κ1) is 28.5. The monoisotopic (exact) mass is 494 g/mol. The molecule has 4 nitrogen and oxygen atoms in total. The van der Waals surface area contributed by atoms with Crippen LogP contribution in [0.5, 0.6) is 11.5 Å². The molecule has 0 atom stereocenters. The Bertz CT molecular complexity index is 985. The highest BCUT2D eigenvalue weighted by molar-refractivity contribution is 5.48. The predicted molar refractivity (Wildman–Crippen MR) is 152 cm³/mol. The zero-order valence-electron chi connectivity index (χ0n) is 24.5. The van der Waals surface area contributed by atoms with Crippen molar-refractivity contribution < 1.29 is 10.2 Å². The summed E-state index contributed by atoms with van der Waals surface area (Å²) in [5, 5.41) is 21.7. The van der Waals surface area contributed by atoms with Gasteiger partial charge in [0.15, 0.2) is 0 Å². The van der Waals surface area contributed by atoms with Gasteiger partial charge in [0, 0.05) is 37.3 Å². The van der Waals surface area contributed by atoms with Crippen LogP contribution in [0.3, 0.4) is 0 Å². The molecule has 2 aromatic carbocycles. The third-order valence-corrected chi connectivity index (χ3v) is 9.16. The molecule has 0 aliphatic carbocycles. The Kier molecular flexibility index (Phi) is 8.52. The van der Waals surface area contributed by atoms with Gasteiger partial charge in [0.1, 0.15) is 11.5 Å². The number of phenols is 2. The van der Waals surface area contributed by atoms with E-state index in [2.05, 4.69) is 89.5 Å². The highest BCUT2D eigenvalue weighted by Crippen LogP contribution is 2.40. The third-order valence-electron chi connectivity index (χ3n) is 9.16. The first-order valence-corrected chi connectivity index (χ1v) is 13.7. The van der Waals surface area contributed by atoms with Crippen LogP contribution < -0.4 is 0 Å². The van der Waals surface area contributed by atoms with E-state index >= 15 is 0 Å². The lowest BCUT2D eigenvalue weighted by Gasteiger charge is -2.37. The third kappa shape index (κ3) is 5.92. The fraction of sp³-hybridized carbons (Fsp3) is 0.625. The van der Waals surface area contributed by atoms with Crippen molar-refractivity contribution in [3.8, 4) is 11.5 Å². The van der Waals surface area contributed by atoms with Gasteiger partial charge < -0.3 is 10.2 Å². The van der Waals surface area contributed by atoms with Gasteiger partial charge >= 0.3 is 0 Å². The van der Waals surface area contributed by atoms with Crippen LogP contribution in [0.25, 0.3) is 0 Å². The van der Waals surface area contributed by atoms with Gasteiger partial charge in [-0.25, -0.2) is 0 Å². The summed E-state index contributed by atoms with van der Waals surface area (Å²) in [4.78, 5) is 5.04. The average Bonchev–Trinajstić information content (AvgIpc) is 2.78. The Morgan fingerprint density at radius 1 is 0.694 bits per heavy atom. The van der Waals surface area contributed by atoms with Crippen LogP contribution in [0.1, 0.15) is 95.2 Å². The van der Waals surface area contributed by atoms with Gasteiger partial charge in [-0.15, -0.1) is 0 Å². The number of hydrogen-bond acceptors (Lipinski definition) is 4. The lowest BCUT2D eigenvalue weighted by molar-refractivity contribution is 0.0744. The van der Waals surface area contributed by atoms with Crippen molar-refractivity contribution >= 4 is 0 Å². The number of aromatic hydroxyl groups is 2. The van der Waals surface area contributed by atoms with Crippen LogP contribution in [0.2, 0.25) is 0 Å². The zero-order valence-corrected chi connectivity index (χ0v) is 24.5. The molecule has 0 spiro atoms. The van der Waals surface area contributed by atoms with E-state index in [9.17, 15) is 10.2 Å². The van der Waals surface area contributed by atoms with Gasteiger partial charge in [-0.1, -0.05) is 79.7 Å². The molecule has 36 heavy (non-hydrogen) atoms. The molecule has 0 saturated carbocycles. The number of aryl methyl sites for hydroxylation is 2. The molecule has 0 unspecified atom stereocenters. The molecular weight excluding hydrogens is 444 g/mol. The lowest BCUT2D eigenvalue weighted by Crippen LogP contribution is -2.44. The minimum atomic E-state index is -0.0863. The van der Waals surface area contributed by atoms with E-state index in [1.807, 2.05) is 13.8 Å². The largest absolute Gasteiger partial charge is 0.507 e. The summed E-state index contributed by atoms with van der Waals surface area (Å²) in [7, 11) is 0. The molecule has 4 heteroatoms. The number of rotatable bonds is 8. The topological polar surface area (TPSA) is 46.9 Å². The molecule has 1 fully saturated rings. The molecular formula is C32H50N2O2. The van der Waals surface area contributed by atoms with Gasteiger partial charge in [-0.3, -0.25) is 9.80 Å². The van der Waals surface area contributed by atoms with Crippen LogP contribution in [-0.4, -0.2) is 39.8 Å². The fourth-order valence-corrected chi connectivity index (χ4v) is 5.21. The first-order chi connectivity index (χ1) is 16.6. The van der Waals surface area contributed by atoms with Crippen LogP contribution in [0.15, 0.2) is 24.3 Å². The Hall–Kier alpha value is -2.04. The van der Waals surface area contributed by atoms with Crippen molar-refractivity contribution in [2.24, 2.45) is 11.8 Å². The number of phenolic OH excluding ortho intramolecular Hbond substituents is 2. The molecule has 0 aromatic heterocycles. The van der Waals surface area contributed by atoms with Crippen LogP contribution in [0, 0.1) is 25.7 Å². The summed E-state index contributed by atoms with van der Waals surface area (Å²) in [6.45, 7) is 26.7. The van der Waals surface area contributed by atoms with E-state index in [0.29, 0.717) is 23.3 Å². The maximum Gasteiger partial charge on any atom is 0.122 e. The second kappa shape index (κ2) is 10.8. The first-order valence-electron chi connectivity index (χ1n) is 13.7. The predicted octanol–water partition coefficient (Wildman–Crippen LogP) is 7.25. The minimum absolute atomic E-state index is 0.0863. The number of hydrogen-bond donors (Lipinski definition) is 2. The summed E-state index contributed by atoms with van der Waals surface area (Å²) < 4.78 is 0. The summed E-state index contributed by atoms with van der Waals surface area (Å²) >= 11 is 0. The molecule has 0 radical (unpaired) electrons. The maximum absolute atomic E-state index is 10.8. The summed E-state index contributed by atoms with van der Waals surface area (Å²) in [5.74, 6) is 1.76. The zero-order chi connectivity index (χ0) is 27.0. The van der Waals surface area contributed by atoms with Gasteiger partial charge in [0.2, 0.25) is 0 Å². The fourth-order valence-electron chi connectivity index (χ4n) is 5.21. The van der Waals surface area contributed by atoms with Gasteiger partial charge in [0.25, 0.3) is 0 Å². The number of nitrogens with zero attached hydrogens (tertiary/aromatic N) is 2. The van der Waals surface area contributed by atoms with Gasteiger partial charge in [-0.2, -0.15) is 0 Å². The molecule has 1 saturated heterocycles. The Morgan fingerprint density at radius 3 is 1.39 bits per heavy atom. The minimum Gasteiger partial charge on any atom is -0.507 e. The van der Waals surface area contributed by atoms with E-state index in [1.54, 1.807) is 0 Å². The maximum atomic E-state index is 10.8. The van der Waals surface area contributed by atoms with Crippen LogP contribution in [-0.2, 0) is 23.9 Å². The van der Waals surface area contributed by atoms with Crippen LogP contribution >= 0.6 is 0 Å². The van der Waals surface area contributed by atoms with Crippen LogP contribution in [0.4, 0.5) is 0 Å². The SMILES string of the molecule is Cc1cc(CN2CCCN(Cc3cc(C)c(O)c(C(C)(C)C(C)C)c3)C2)cc(C(C)(C)C(C)C)c1O. The van der Waals surface area contributed by atoms with E-state index in [1.165, 1.54) is 11.1 Å². The molecule has 3 rings (SSSR count). The van der Waals surface area contributed by atoms with Crippen molar-refractivity contribution in [1.82, 2.24) is 9.80 Å². The Labute approximate surface area is 220 Å². The van der Waals surface area contributed by atoms with E-state index in [-0.39, 0.29) is 10.8 Å². The smallest absolute Gasteiger partial charge is 0.122 e. The molecule has 200 valence electrons. The molecule has 2 aromatic rings. The average molecular weight is 495 g/mol. The second-order valence-corrected chi connectivity index (χ2v) is 13.0. The van der Waals surface area contributed by atoms with E-state index < -0.39 is 0 Å². The molecule has 1 aliphatic heterocycles. The molecule has 1 aliphatic rings. The molecule has 2 N–H and O–H groups in total. The van der Waals surface area contributed by atoms with Crippen molar-refractivity contribution in [3.05, 3.63) is 57.6 Å². The highest BCUT2D eigenvalue weighted by atomic mass is 16.3. The van der Waals surface area contributed by atoms with E-state index in [0.717, 1.165) is 61.5 Å². The Balaban J connectivity index is 1.79. The quantitative estimate of drug-likeness (QED) is 0.406. The normalized spacial score (nSPS) is 16.3. The van der Waals surface area contributed by atoms with Crippen molar-refractivity contribution in [2.75, 3.05) is 19.8 Å². The molecule has 0 amide bonds. The van der Waals surface area contributed by atoms with Crippen molar-refractivity contribution in [1.29, 1.82) is 0 Å². The Morgan fingerprint density at radius 2 is 1.06 bits per heavy atom. The molecule has 0 bridgehead atoms. The summed E-state index contributed by atoms with van der Waals surface area (Å²) in [5.41, 5.74) is 6.42. The number of benzene rings is 2. The van der Waals surface area contributed by atoms with E-state index in [4.69, 9.17) is 0 Å². The summed E-state index contributed by atoms with van der Waals surface area (Å²) in [6.07, 6.45) is 1.14. The summed E-state index contributed by atoms with van der Waals surface area (Å²) in [6, 6.07) is 8.76.